The second-order valence-electron chi connectivity index (χ2n) is 4.25. The summed E-state index contributed by atoms with van der Waals surface area (Å²) in [4.78, 5) is 23.5. The highest BCUT2D eigenvalue weighted by Gasteiger charge is 2.07. The van der Waals surface area contributed by atoms with Gasteiger partial charge in [-0.1, -0.05) is 23.7 Å². The molecule has 5 nitrogen and oxygen atoms in total. The minimum Gasteiger partial charge on any atom is -0.379 e. The van der Waals surface area contributed by atoms with Crippen LogP contribution in [0.15, 0.2) is 40.1 Å². The molecule has 1 N–H and O–H groups in total. The molecule has 0 amide bonds. The van der Waals surface area contributed by atoms with E-state index in [2.05, 4.69) is 5.32 Å². The van der Waals surface area contributed by atoms with Gasteiger partial charge < -0.3 is 9.88 Å². The summed E-state index contributed by atoms with van der Waals surface area (Å²) < 4.78 is 2.47. The van der Waals surface area contributed by atoms with Gasteiger partial charge in [0, 0.05) is 26.8 Å². The lowest BCUT2D eigenvalue weighted by atomic mass is 10.3. The minimum absolute atomic E-state index is 0.303. The van der Waals surface area contributed by atoms with E-state index < -0.39 is 0 Å². The number of rotatable bonds is 3. The van der Waals surface area contributed by atoms with Crippen LogP contribution >= 0.6 is 11.6 Å². The standard InChI is InChI=1S/C13H14ClN3O2/c1-16-8-9(12(18)17(2)13(16)19)7-15-11-6-4-3-5-10(11)14/h3-6,8,15H,7H2,1-2H3. The van der Waals surface area contributed by atoms with E-state index in [0.29, 0.717) is 17.1 Å². The molecule has 0 spiro atoms. The number of anilines is 1. The van der Waals surface area contributed by atoms with E-state index in [1.807, 2.05) is 18.2 Å². The van der Waals surface area contributed by atoms with Crippen molar-refractivity contribution in [2.24, 2.45) is 14.1 Å². The molecular formula is C13H14ClN3O2. The molecule has 0 fully saturated rings. The SMILES string of the molecule is Cn1cc(CNc2ccccc2Cl)c(=O)n(C)c1=O. The van der Waals surface area contributed by atoms with Crippen LogP contribution in [0.3, 0.4) is 0 Å². The third kappa shape index (κ3) is 2.71. The molecule has 1 aromatic carbocycles. The largest absolute Gasteiger partial charge is 0.379 e. The number of hydrogen-bond acceptors (Lipinski definition) is 3. The van der Waals surface area contributed by atoms with Crippen LogP contribution in [-0.2, 0) is 20.6 Å². The van der Waals surface area contributed by atoms with Gasteiger partial charge in [0.05, 0.1) is 16.3 Å². The zero-order chi connectivity index (χ0) is 14.0. The fraction of sp³-hybridized carbons (Fsp3) is 0.231. The molecule has 2 rings (SSSR count). The molecule has 0 aliphatic heterocycles. The molecule has 0 saturated heterocycles. The van der Waals surface area contributed by atoms with Gasteiger partial charge in [-0.15, -0.1) is 0 Å². The van der Waals surface area contributed by atoms with Crippen molar-refractivity contribution in [3.05, 3.63) is 61.9 Å². The summed E-state index contributed by atoms with van der Waals surface area (Å²) >= 11 is 6.02. The molecule has 1 aromatic heterocycles. The van der Waals surface area contributed by atoms with Gasteiger partial charge in [-0.05, 0) is 12.1 Å². The lowest BCUT2D eigenvalue weighted by Crippen LogP contribution is -2.38. The van der Waals surface area contributed by atoms with Crippen molar-refractivity contribution in [2.45, 2.75) is 6.54 Å². The van der Waals surface area contributed by atoms with Crippen molar-refractivity contribution in [2.75, 3.05) is 5.32 Å². The molecule has 100 valence electrons. The van der Waals surface area contributed by atoms with Crippen molar-refractivity contribution in [1.29, 1.82) is 0 Å². The molecule has 0 radical (unpaired) electrons. The molecule has 6 heteroatoms. The number of nitrogens with zero attached hydrogens (tertiary/aromatic N) is 2. The maximum Gasteiger partial charge on any atom is 0.330 e. The summed E-state index contributed by atoms with van der Waals surface area (Å²) in [6.07, 6.45) is 1.54. The van der Waals surface area contributed by atoms with E-state index >= 15 is 0 Å². The zero-order valence-corrected chi connectivity index (χ0v) is 11.4. The number of aromatic nitrogens is 2. The van der Waals surface area contributed by atoms with Crippen molar-refractivity contribution < 1.29 is 0 Å². The number of halogens is 1. The Kier molecular flexibility index (Phi) is 3.76. The van der Waals surface area contributed by atoms with Crippen LogP contribution in [0.5, 0.6) is 0 Å². The van der Waals surface area contributed by atoms with Gasteiger partial charge in [-0.2, -0.15) is 0 Å². The number of nitrogens with one attached hydrogen (secondary N) is 1. The van der Waals surface area contributed by atoms with Crippen LogP contribution in [0.4, 0.5) is 5.69 Å². The van der Waals surface area contributed by atoms with Crippen molar-refractivity contribution in [3.8, 4) is 0 Å². The number of benzene rings is 1. The second kappa shape index (κ2) is 5.32. The van der Waals surface area contributed by atoms with E-state index in [-0.39, 0.29) is 11.2 Å². The lowest BCUT2D eigenvalue weighted by Gasteiger charge is -2.10. The number of para-hydroxylation sites is 1. The Morgan fingerprint density at radius 1 is 1.21 bits per heavy atom. The zero-order valence-electron chi connectivity index (χ0n) is 10.7. The Morgan fingerprint density at radius 2 is 1.89 bits per heavy atom. The van der Waals surface area contributed by atoms with Crippen LogP contribution in [0, 0.1) is 0 Å². The van der Waals surface area contributed by atoms with Gasteiger partial charge in [-0.25, -0.2) is 4.79 Å². The molecule has 0 bridgehead atoms. The van der Waals surface area contributed by atoms with Crippen LogP contribution in [0.2, 0.25) is 5.02 Å². The van der Waals surface area contributed by atoms with E-state index in [1.54, 1.807) is 13.1 Å². The Bertz CT molecular complexity index is 719. The van der Waals surface area contributed by atoms with E-state index in [1.165, 1.54) is 17.8 Å². The lowest BCUT2D eigenvalue weighted by molar-refractivity contribution is 0.671. The second-order valence-corrected chi connectivity index (χ2v) is 4.65. The predicted octanol–water partition coefficient (Wildman–Crippen LogP) is 1.35. The molecule has 0 unspecified atom stereocenters. The normalized spacial score (nSPS) is 10.5. The van der Waals surface area contributed by atoms with Crippen LogP contribution in [0.25, 0.3) is 0 Å². The quantitative estimate of drug-likeness (QED) is 0.923. The smallest absolute Gasteiger partial charge is 0.330 e. The van der Waals surface area contributed by atoms with Crippen molar-refractivity contribution in [3.63, 3.8) is 0 Å². The summed E-state index contributed by atoms with van der Waals surface area (Å²) in [6.45, 7) is 0.310. The molecule has 0 saturated carbocycles. The monoisotopic (exact) mass is 279 g/mol. The van der Waals surface area contributed by atoms with E-state index in [4.69, 9.17) is 11.6 Å². The Balaban J connectivity index is 2.29. The number of aryl methyl sites for hydroxylation is 1. The van der Waals surface area contributed by atoms with Gasteiger partial charge in [0.1, 0.15) is 0 Å². The van der Waals surface area contributed by atoms with Gasteiger partial charge in [0.25, 0.3) is 5.56 Å². The fourth-order valence-electron chi connectivity index (χ4n) is 1.80. The van der Waals surface area contributed by atoms with Crippen molar-refractivity contribution in [1.82, 2.24) is 9.13 Å². The van der Waals surface area contributed by atoms with Crippen LogP contribution in [0.1, 0.15) is 5.56 Å². The van der Waals surface area contributed by atoms with Crippen molar-refractivity contribution >= 4 is 17.3 Å². The molecular weight excluding hydrogens is 266 g/mol. The van der Waals surface area contributed by atoms with Gasteiger partial charge in [0.2, 0.25) is 0 Å². The summed E-state index contributed by atoms with van der Waals surface area (Å²) in [5, 5.41) is 3.67. The average Bonchev–Trinajstić information content (AvgIpc) is 2.40. The van der Waals surface area contributed by atoms with Gasteiger partial charge in [0.15, 0.2) is 0 Å². The maximum absolute atomic E-state index is 11.9. The summed E-state index contributed by atoms with van der Waals surface area (Å²) in [7, 11) is 3.07. The average molecular weight is 280 g/mol. The molecule has 19 heavy (non-hydrogen) atoms. The molecule has 0 aliphatic carbocycles. The first kappa shape index (κ1) is 13.4. The molecule has 1 heterocycles. The summed E-state index contributed by atoms with van der Waals surface area (Å²) in [5.74, 6) is 0. The van der Waals surface area contributed by atoms with Crippen LogP contribution in [-0.4, -0.2) is 9.13 Å². The predicted molar refractivity (Wildman–Crippen MR) is 75.7 cm³/mol. The highest BCUT2D eigenvalue weighted by Crippen LogP contribution is 2.20. The Hall–Kier alpha value is -2.01. The molecule has 0 atom stereocenters. The Morgan fingerprint density at radius 3 is 2.58 bits per heavy atom. The molecule has 2 aromatic rings. The topological polar surface area (TPSA) is 56.0 Å². The third-order valence-electron chi connectivity index (χ3n) is 2.86. The van der Waals surface area contributed by atoms with Crippen LogP contribution < -0.4 is 16.6 Å². The summed E-state index contributed by atoms with van der Waals surface area (Å²) in [5.41, 5.74) is 0.610. The van der Waals surface area contributed by atoms with Gasteiger partial charge >= 0.3 is 5.69 Å². The van der Waals surface area contributed by atoms with E-state index in [0.717, 1.165) is 10.3 Å². The maximum atomic E-state index is 11.9. The first-order valence-electron chi connectivity index (χ1n) is 5.74. The van der Waals surface area contributed by atoms with Gasteiger partial charge in [-0.3, -0.25) is 9.36 Å². The minimum atomic E-state index is -0.341. The highest BCUT2D eigenvalue weighted by molar-refractivity contribution is 6.33. The third-order valence-corrected chi connectivity index (χ3v) is 3.19. The van der Waals surface area contributed by atoms with E-state index in [9.17, 15) is 9.59 Å². The summed E-state index contributed by atoms with van der Waals surface area (Å²) in [6, 6.07) is 7.28. The first-order chi connectivity index (χ1) is 9.00. The highest BCUT2D eigenvalue weighted by atomic mass is 35.5. The first-order valence-corrected chi connectivity index (χ1v) is 6.12. The Labute approximate surface area is 115 Å². The number of hydrogen-bond donors (Lipinski definition) is 1. The fourth-order valence-corrected chi connectivity index (χ4v) is 2.00. The molecule has 0 aliphatic rings.